The first kappa shape index (κ1) is 12.9. The van der Waals surface area contributed by atoms with Crippen LogP contribution in [0.25, 0.3) is 10.8 Å². The second-order valence-electron chi connectivity index (χ2n) is 3.64. The fourth-order valence-corrected chi connectivity index (χ4v) is 2.71. The molecule has 6 heteroatoms. The van der Waals surface area contributed by atoms with Gasteiger partial charge in [0.25, 0.3) is 0 Å². The van der Waals surface area contributed by atoms with Crippen molar-refractivity contribution in [3.8, 4) is 10.8 Å². The molecule has 0 radical (unpaired) electrons. The Kier molecular flexibility index (Phi) is 4.12. The molecule has 3 nitrogen and oxygen atoms in total. The van der Waals surface area contributed by atoms with Crippen LogP contribution in [0.2, 0.25) is 5.15 Å². The van der Waals surface area contributed by atoms with E-state index in [9.17, 15) is 0 Å². The zero-order valence-corrected chi connectivity index (χ0v) is 12.7. The third-order valence-corrected chi connectivity index (χ3v) is 4.47. The Labute approximate surface area is 117 Å². The number of hydrogen-bond acceptors (Lipinski definition) is 4. The van der Waals surface area contributed by atoms with Crippen molar-refractivity contribution < 1.29 is 0 Å². The van der Waals surface area contributed by atoms with E-state index >= 15 is 0 Å². The predicted molar refractivity (Wildman–Crippen MR) is 74.6 cm³/mol. The number of aryl methyl sites for hydroxylation is 2. The molecule has 90 valence electrons. The lowest BCUT2D eigenvalue weighted by Gasteiger charge is -2.05. The lowest BCUT2D eigenvalue weighted by atomic mass is 10.2. The first-order valence-electron chi connectivity index (χ1n) is 5.26. The summed E-state index contributed by atoms with van der Waals surface area (Å²) >= 11 is 11.0. The zero-order chi connectivity index (χ0) is 12.4. The van der Waals surface area contributed by atoms with E-state index in [1.807, 2.05) is 12.3 Å². The average Bonchev–Trinajstić information content (AvgIpc) is 2.71. The van der Waals surface area contributed by atoms with Crippen molar-refractivity contribution in [3.05, 3.63) is 26.4 Å². The molecule has 0 unspecified atom stereocenters. The molecule has 2 aromatic heterocycles. The van der Waals surface area contributed by atoms with Crippen LogP contribution in [0, 0.1) is 6.92 Å². The number of thiazole rings is 1. The highest BCUT2D eigenvalue weighted by atomic mass is 79.9. The number of halogens is 2. The van der Waals surface area contributed by atoms with Crippen LogP contribution in [0.5, 0.6) is 0 Å². The van der Waals surface area contributed by atoms with Crippen LogP contribution in [0.4, 0.5) is 0 Å². The summed E-state index contributed by atoms with van der Waals surface area (Å²) in [6.45, 7) is 4.06. The molecule has 2 aromatic rings. The zero-order valence-electron chi connectivity index (χ0n) is 9.50. The Balaban J connectivity index is 2.48. The average molecular weight is 333 g/mol. The third-order valence-electron chi connectivity index (χ3n) is 2.18. The van der Waals surface area contributed by atoms with Crippen molar-refractivity contribution >= 4 is 38.9 Å². The van der Waals surface area contributed by atoms with Gasteiger partial charge in [-0.1, -0.05) is 24.9 Å². The molecule has 0 aliphatic heterocycles. The van der Waals surface area contributed by atoms with Crippen molar-refractivity contribution in [1.82, 2.24) is 15.0 Å². The standard InChI is InChI=1S/C11H11BrClN3S/c1-3-4-7-8(12)9(13)16-10(15-7)11-14-6(2)5-17-11/h5H,3-4H2,1-2H3. The van der Waals surface area contributed by atoms with Crippen LogP contribution in [0.1, 0.15) is 24.7 Å². The molecule has 0 fully saturated rings. The molecular weight excluding hydrogens is 322 g/mol. The van der Waals surface area contributed by atoms with Gasteiger partial charge >= 0.3 is 0 Å². The molecule has 0 aliphatic carbocycles. The molecule has 0 aliphatic rings. The monoisotopic (exact) mass is 331 g/mol. The van der Waals surface area contributed by atoms with Crippen LogP contribution >= 0.6 is 38.9 Å². The number of hydrogen-bond donors (Lipinski definition) is 0. The second-order valence-corrected chi connectivity index (χ2v) is 5.65. The summed E-state index contributed by atoms with van der Waals surface area (Å²) in [5.74, 6) is 0.611. The summed E-state index contributed by atoms with van der Waals surface area (Å²) in [7, 11) is 0. The number of rotatable bonds is 3. The highest BCUT2D eigenvalue weighted by Gasteiger charge is 2.13. The SMILES string of the molecule is CCCc1nc(-c2nc(C)cs2)nc(Cl)c1Br. The van der Waals surface area contributed by atoms with Gasteiger partial charge in [-0.3, -0.25) is 0 Å². The van der Waals surface area contributed by atoms with Crippen molar-refractivity contribution in [2.75, 3.05) is 0 Å². The maximum atomic E-state index is 6.09. The van der Waals surface area contributed by atoms with E-state index in [0.29, 0.717) is 11.0 Å². The Bertz CT molecular complexity index is 542. The van der Waals surface area contributed by atoms with Crippen molar-refractivity contribution in [2.45, 2.75) is 26.7 Å². The van der Waals surface area contributed by atoms with E-state index in [0.717, 1.165) is 33.7 Å². The van der Waals surface area contributed by atoms with Crippen LogP contribution in [0.3, 0.4) is 0 Å². The summed E-state index contributed by atoms with van der Waals surface area (Å²) in [4.78, 5) is 13.1. The topological polar surface area (TPSA) is 38.7 Å². The molecule has 0 aromatic carbocycles. The molecule has 2 heterocycles. The van der Waals surface area contributed by atoms with Gasteiger partial charge in [0, 0.05) is 11.1 Å². The lowest BCUT2D eigenvalue weighted by molar-refractivity contribution is 0.867. The minimum absolute atomic E-state index is 0.450. The third kappa shape index (κ3) is 2.84. The number of nitrogens with zero attached hydrogens (tertiary/aromatic N) is 3. The summed E-state index contributed by atoms with van der Waals surface area (Å²) < 4.78 is 0.790. The molecule has 0 N–H and O–H groups in total. The van der Waals surface area contributed by atoms with Crippen LogP contribution < -0.4 is 0 Å². The van der Waals surface area contributed by atoms with Crippen molar-refractivity contribution in [2.24, 2.45) is 0 Å². The van der Waals surface area contributed by atoms with Gasteiger partial charge in [-0.15, -0.1) is 11.3 Å². The van der Waals surface area contributed by atoms with Crippen molar-refractivity contribution in [3.63, 3.8) is 0 Å². The quantitative estimate of drug-likeness (QED) is 0.788. The minimum Gasteiger partial charge on any atom is -0.238 e. The highest BCUT2D eigenvalue weighted by Crippen LogP contribution is 2.28. The van der Waals surface area contributed by atoms with E-state index < -0.39 is 0 Å². The molecule has 0 spiro atoms. The Morgan fingerprint density at radius 1 is 1.35 bits per heavy atom. The molecule has 0 saturated heterocycles. The fraction of sp³-hybridized carbons (Fsp3) is 0.364. The molecular formula is C11H11BrClN3S. The molecule has 17 heavy (non-hydrogen) atoms. The molecule has 0 atom stereocenters. The molecule has 0 saturated carbocycles. The smallest absolute Gasteiger partial charge is 0.190 e. The molecule has 0 amide bonds. The summed E-state index contributed by atoms with van der Waals surface area (Å²) in [6.07, 6.45) is 1.89. The highest BCUT2D eigenvalue weighted by molar-refractivity contribution is 9.10. The first-order valence-corrected chi connectivity index (χ1v) is 7.31. The van der Waals surface area contributed by atoms with E-state index in [2.05, 4.69) is 37.8 Å². The van der Waals surface area contributed by atoms with Gasteiger partial charge in [0.1, 0.15) is 5.15 Å². The van der Waals surface area contributed by atoms with Gasteiger partial charge in [-0.05, 0) is 29.3 Å². The van der Waals surface area contributed by atoms with Gasteiger partial charge in [-0.2, -0.15) is 0 Å². The molecule has 2 rings (SSSR count). The largest absolute Gasteiger partial charge is 0.238 e. The Morgan fingerprint density at radius 3 is 2.71 bits per heavy atom. The van der Waals surface area contributed by atoms with Crippen molar-refractivity contribution in [1.29, 1.82) is 0 Å². The van der Waals surface area contributed by atoms with Gasteiger partial charge in [0.2, 0.25) is 0 Å². The van der Waals surface area contributed by atoms with E-state index in [4.69, 9.17) is 11.6 Å². The van der Waals surface area contributed by atoms with Crippen LogP contribution in [-0.2, 0) is 6.42 Å². The predicted octanol–water partition coefficient (Wildman–Crippen LogP) is 4.28. The van der Waals surface area contributed by atoms with Crippen LogP contribution in [0.15, 0.2) is 9.85 Å². The Morgan fingerprint density at radius 2 is 2.12 bits per heavy atom. The maximum absolute atomic E-state index is 6.09. The van der Waals surface area contributed by atoms with Gasteiger partial charge in [0.05, 0.1) is 10.2 Å². The van der Waals surface area contributed by atoms with Gasteiger partial charge < -0.3 is 0 Å². The lowest BCUT2D eigenvalue weighted by Crippen LogP contribution is -1.98. The summed E-state index contributed by atoms with van der Waals surface area (Å²) in [5.41, 5.74) is 1.92. The second kappa shape index (κ2) is 5.42. The van der Waals surface area contributed by atoms with Gasteiger partial charge in [0.15, 0.2) is 10.8 Å². The van der Waals surface area contributed by atoms with Gasteiger partial charge in [-0.25, -0.2) is 15.0 Å². The number of aromatic nitrogens is 3. The van der Waals surface area contributed by atoms with E-state index in [1.165, 1.54) is 11.3 Å². The van der Waals surface area contributed by atoms with Crippen LogP contribution in [-0.4, -0.2) is 15.0 Å². The first-order chi connectivity index (χ1) is 8.11. The normalized spacial score (nSPS) is 10.8. The molecule has 0 bridgehead atoms. The minimum atomic E-state index is 0.450. The summed E-state index contributed by atoms with van der Waals surface area (Å²) in [6, 6.07) is 0. The van der Waals surface area contributed by atoms with E-state index in [-0.39, 0.29) is 0 Å². The Hall–Kier alpha value is -0.520. The maximum Gasteiger partial charge on any atom is 0.190 e. The van der Waals surface area contributed by atoms with E-state index in [1.54, 1.807) is 0 Å². The fourth-order valence-electron chi connectivity index (χ4n) is 1.42. The summed E-state index contributed by atoms with van der Waals surface area (Å²) in [5, 5.41) is 3.24.